The maximum absolute atomic E-state index is 12.8. The smallest absolute Gasteiger partial charge is 0.338 e. The zero-order valence-corrected chi connectivity index (χ0v) is 17.3. The summed E-state index contributed by atoms with van der Waals surface area (Å²) in [7, 11) is 0. The molecule has 0 amide bonds. The molecule has 7 heteroatoms. The number of benzene rings is 2. The van der Waals surface area contributed by atoms with Gasteiger partial charge in [-0.25, -0.2) is 9.79 Å². The van der Waals surface area contributed by atoms with E-state index in [9.17, 15) is 9.59 Å². The molecule has 6 nitrogen and oxygen atoms in total. The lowest BCUT2D eigenvalue weighted by atomic mass is 10.2. The van der Waals surface area contributed by atoms with Crippen LogP contribution in [0.4, 0.5) is 5.69 Å². The predicted molar refractivity (Wildman–Crippen MR) is 119 cm³/mol. The van der Waals surface area contributed by atoms with Crippen molar-refractivity contribution in [1.82, 2.24) is 4.57 Å². The van der Waals surface area contributed by atoms with Gasteiger partial charge in [-0.2, -0.15) is 0 Å². The summed E-state index contributed by atoms with van der Waals surface area (Å²) in [6, 6.07) is 17.1. The van der Waals surface area contributed by atoms with Gasteiger partial charge in [-0.3, -0.25) is 9.36 Å². The molecule has 30 heavy (non-hydrogen) atoms. The van der Waals surface area contributed by atoms with E-state index in [0.29, 0.717) is 30.0 Å². The number of allylic oxidation sites excluding steroid dienone is 1. The Morgan fingerprint density at radius 2 is 1.93 bits per heavy atom. The molecule has 2 aromatic carbocycles. The molecule has 152 valence electrons. The van der Waals surface area contributed by atoms with E-state index in [0.717, 1.165) is 16.1 Å². The largest absolute Gasteiger partial charge is 0.462 e. The summed E-state index contributed by atoms with van der Waals surface area (Å²) in [6.07, 6.45) is 5.69. The van der Waals surface area contributed by atoms with Crippen molar-refractivity contribution in [2.75, 3.05) is 18.2 Å². The summed E-state index contributed by atoms with van der Waals surface area (Å²) in [5, 5.41) is 0. The molecule has 0 atom stereocenters. The molecular formula is C23H21N3O3S. The number of esters is 1. The van der Waals surface area contributed by atoms with E-state index in [-0.39, 0.29) is 11.5 Å². The number of anilines is 1. The van der Waals surface area contributed by atoms with Gasteiger partial charge in [0.1, 0.15) is 13.3 Å². The molecule has 3 aromatic rings. The van der Waals surface area contributed by atoms with E-state index < -0.39 is 0 Å². The fraction of sp³-hybridized carbons (Fsp3) is 0.174. The quantitative estimate of drug-likeness (QED) is 0.597. The maximum atomic E-state index is 12.8. The van der Waals surface area contributed by atoms with E-state index in [1.807, 2.05) is 65.6 Å². The Bertz CT molecular complexity index is 1240. The zero-order chi connectivity index (χ0) is 20.9. The number of thiazole rings is 1. The van der Waals surface area contributed by atoms with Crippen LogP contribution in [0, 0.1) is 0 Å². The SMILES string of the molecule is CCOC(=O)c1ccc(N2CN=c3s/c(=C\C=C\c4ccccc4)c(=O)n3C2)cc1. The van der Waals surface area contributed by atoms with Crippen molar-refractivity contribution in [2.45, 2.75) is 13.6 Å². The topological polar surface area (TPSA) is 63.9 Å². The van der Waals surface area contributed by atoms with Crippen LogP contribution in [0.5, 0.6) is 0 Å². The van der Waals surface area contributed by atoms with E-state index in [2.05, 4.69) is 4.99 Å². The number of nitrogens with zero attached hydrogens (tertiary/aromatic N) is 3. The van der Waals surface area contributed by atoms with Gasteiger partial charge in [0.25, 0.3) is 5.56 Å². The van der Waals surface area contributed by atoms with Crippen LogP contribution in [0.25, 0.3) is 12.2 Å². The molecule has 1 aliphatic rings. The lowest BCUT2D eigenvalue weighted by molar-refractivity contribution is 0.0526. The summed E-state index contributed by atoms with van der Waals surface area (Å²) in [5.41, 5.74) is 2.43. The molecule has 1 aliphatic heterocycles. The minimum atomic E-state index is -0.340. The van der Waals surface area contributed by atoms with E-state index in [4.69, 9.17) is 4.74 Å². The molecule has 0 saturated heterocycles. The fourth-order valence-corrected chi connectivity index (χ4v) is 4.04. The van der Waals surface area contributed by atoms with Crippen LogP contribution >= 0.6 is 11.3 Å². The minimum Gasteiger partial charge on any atom is -0.462 e. The molecule has 0 unspecified atom stereocenters. The van der Waals surface area contributed by atoms with Crippen molar-refractivity contribution < 1.29 is 9.53 Å². The van der Waals surface area contributed by atoms with E-state index >= 15 is 0 Å². The van der Waals surface area contributed by atoms with E-state index in [1.165, 1.54) is 11.3 Å². The first-order valence-corrected chi connectivity index (χ1v) is 10.5. The summed E-state index contributed by atoms with van der Waals surface area (Å²) in [4.78, 5) is 31.9. The summed E-state index contributed by atoms with van der Waals surface area (Å²) >= 11 is 1.40. The highest BCUT2D eigenvalue weighted by Crippen LogP contribution is 2.17. The van der Waals surface area contributed by atoms with Gasteiger partial charge >= 0.3 is 5.97 Å². The second-order valence-corrected chi connectivity index (χ2v) is 7.68. The monoisotopic (exact) mass is 419 g/mol. The highest BCUT2D eigenvalue weighted by atomic mass is 32.1. The van der Waals surface area contributed by atoms with Crippen LogP contribution in [0.3, 0.4) is 0 Å². The molecule has 0 spiro atoms. The molecule has 0 N–H and O–H groups in total. The van der Waals surface area contributed by atoms with Gasteiger partial charge in [0.05, 0.1) is 16.7 Å². The molecule has 0 bridgehead atoms. The first-order valence-electron chi connectivity index (χ1n) is 9.65. The summed E-state index contributed by atoms with van der Waals surface area (Å²) < 4.78 is 7.34. The normalized spacial score (nSPS) is 13.9. The van der Waals surface area contributed by atoms with E-state index in [1.54, 1.807) is 23.6 Å². The number of hydrogen-bond donors (Lipinski definition) is 0. The highest BCUT2D eigenvalue weighted by Gasteiger charge is 2.16. The number of fused-ring (bicyclic) bond motifs is 1. The van der Waals surface area contributed by atoms with Crippen LogP contribution in [0.1, 0.15) is 22.8 Å². The minimum absolute atomic E-state index is 0.0516. The van der Waals surface area contributed by atoms with Crippen LogP contribution in [-0.4, -0.2) is 23.8 Å². The number of carbonyl (C=O) groups is 1. The Labute approximate surface area is 177 Å². The van der Waals surface area contributed by atoms with Crippen LogP contribution < -0.4 is 19.8 Å². The van der Waals surface area contributed by atoms with Crippen LogP contribution in [0.2, 0.25) is 0 Å². The number of ether oxygens (including phenoxy) is 1. The lowest BCUT2D eigenvalue weighted by Crippen LogP contribution is -2.42. The average molecular weight is 420 g/mol. The number of rotatable bonds is 5. The molecule has 1 aromatic heterocycles. The van der Waals surface area contributed by atoms with Gasteiger partial charge in [-0.1, -0.05) is 53.8 Å². The Balaban J connectivity index is 1.53. The first kappa shape index (κ1) is 19.8. The number of carbonyl (C=O) groups excluding carboxylic acids is 1. The van der Waals surface area contributed by atoms with Gasteiger partial charge < -0.3 is 9.64 Å². The van der Waals surface area contributed by atoms with Crippen LogP contribution in [-0.2, 0) is 11.4 Å². The molecule has 2 heterocycles. The fourth-order valence-electron chi connectivity index (χ4n) is 3.12. The summed E-state index contributed by atoms with van der Waals surface area (Å²) in [6.45, 7) is 3.00. The first-order chi connectivity index (χ1) is 14.7. The molecule has 0 radical (unpaired) electrons. The van der Waals surface area contributed by atoms with Gasteiger partial charge in [0.2, 0.25) is 0 Å². The number of hydrogen-bond acceptors (Lipinski definition) is 6. The Kier molecular flexibility index (Phi) is 5.90. The van der Waals surface area contributed by atoms with Crippen molar-refractivity contribution in [1.29, 1.82) is 0 Å². The predicted octanol–water partition coefficient (Wildman–Crippen LogP) is 2.64. The molecule has 4 rings (SSSR count). The molecule has 0 fully saturated rings. The number of aromatic nitrogens is 1. The van der Waals surface area contributed by atoms with Gasteiger partial charge in [0, 0.05) is 5.69 Å². The second kappa shape index (κ2) is 8.92. The maximum Gasteiger partial charge on any atom is 0.338 e. The van der Waals surface area contributed by atoms with Crippen LogP contribution in [0.15, 0.2) is 70.5 Å². The Morgan fingerprint density at radius 3 is 2.67 bits per heavy atom. The van der Waals surface area contributed by atoms with Crippen molar-refractivity contribution in [3.8, 4) is 0 Å². The third kappa shape index (κ3) is 4.26. The van der Waals surface area contributed by atoms with Gasteiger partial charge in [-0.05, 0) is 42.8 Å². The third-order valence-electron chi connectivity index (χ3n) is 4.66. The standard InChI is InChI=1S/C23H21N3O3S/c1-2-29-22(28)18-11-13-19(14-12-18)25-15-24-23-26(16-25)21(27)20(30-23)10-6-9-17-7-4-3-5-8-17/h3-14H,2,15-16H2,1H3/b9-6+,20-10-. The second-order valence-electron chi connectivity index (χ2n) is 6.67. The highest BCUT2D eigenvalue weighted by molar-refractivity contribution is 7.07. The Hall–Kier alpha value is -3.45. The van der Waals surface area contributed by atoms with Crippen molar-refractivity contribution in [3.05, 3.63) is 91.5 Å². The Morgan fingerprint density at radius 1 is 1.17 bits per heavy atom. The van der Waals surface area contributed by atoms with Gasteiger partial charge in [-0.15, -0.1) is 0 Å². The van der Waals surface area contributed by atoms with Gasteiger partial charge in [0.15, 0.2) is 4.80 Å². The third-order valence-corrected chi connectivity index (χ3v) is 5.72. The van der Waals surface area contributed by atoms with Crippen molar-refractivity contribution in [2.24, 2.45) is 4.99 Å². The zero-order valence-electron chi connectivity index (χ0n) is 16.5. The molecular weight excluding hydrogens is 398 g/mol. The summed E-state index contributed by atoms with van der Waals surface area (Å²) in [5.74, 6) is -0.340. The lowest BCUT2D eigenvalue weighted by Gasteiger charge is -2.25. The molecule has 0 saturated carbocycles. The average Bonchev–Trinajstić information content (AvgIpc) is 3.10. The molecule has 0 aliphatic carbocycles. The van der Waals surface area contributed by atoms with Crippen molar-refractivity contribution >= 4 is 35.1 Å². The van der Waals surface area contributed by atoms with Crippen molar-refractivity contribution in [3.63, 3.8) is 0 Å².